The van der Waals surface area contributed by atoms with Crippen molar-refractivity contribution in [2.75, 3.05) is 0 Å². The van der Waals surface area contributed by atoms with Crippen molar-refractivity contribution in [3.05, 3.63) is 62.0 Å². The fourth-order valence-electron chi connectivity index (χ4n) is 3.07. The number of H-pyrrole nitrogens is 1. The summed E-state index contributed by atoms with van der Waals surface area (Å²) < 4.78 is 5.64. The van der Waals surface area contributed by atoms with Crippen LogP contribution in [-0.2, 0) is 28.4 Å². The van der Waals surface area contributed by atoms with Gasteiger partial charge in [0, 0.05) is 11.4 Å². The fraction of sp³-hybridized carbons (Fsp3) is 0.435. The van der Waals surface area contributed by atoms with E-state index >= 15 is 0 Å². The molecule has 0 radical (unpaired) electrons. The number of aromatic nitrogens is 2. The highest BCUT2D eigenvalue weighted by Crippen LogP contribution is 2.26. The third kappa shape index (κ3) is 6.18. The molecule has 2 N–H and O–H groups in total. The number of thiophene rings is 1. The quantitative estimate of drug-likeness (QED) is 0.493. The SMILES string of the molecule is Cc1sc2nc(CSC(C)C(=O)NCc3cccc(COC(C)C)c3)[nH]c(=O)c2c1C. The second-order valence-corrected chi connectivity index (χ2v) is 10.4. The van der Waals surface area contributed by atoms with Crippen molar-refractivity contribution < 1.29 is 9.53 Å². The van der Waals surface area contributed by atoms with Gasteiger partial charge in [-0.2, -0.15) is 0 Å². The van der Waals surface area contributed by atoms with Crippen molar-refractivity contribution in [1.82, 2.24) is 15.3 Å². The Morgan fingerprint density at radius 2 is 2.00 bits per heavy atom. The molecular weight excluding hydrogens is 430 g/mol. The molecule has 1 amide bonds. The molecular formula is C23H29N3O3S2. The van der Waals surface area contributed by atoms with Crippen molar-refractivity contribution >= 4 is 39.2 Å². The Labute approximate surface area is 190 Å². The lowest BCUT2D eigenvalue weighted by molar-refractivity contribution is -0.120. The van der Waals surface area contributed by atoms with Crippen LogP contribution in [0.1, 0.15) is 48.2 Å². The lowest BCUT2D eigenvalue weighted by Crippen LogP contribution is -2.30. The van der Waals surface area contributed by atoms with E-state index in [1.54, 1.807) is 0 Å². The van der Waals surface area contributed by atoms with Crippen LogP contribution in [0.5, 0.6) is 0 Å². The molecule has 2 aromatic heterocycles. The average molecular weight is 460 g/mol. The summed E-state index contributed by atoms with van der Waals surface area (Å²) in [4.78, 5) is 34.2. The maximum absolute atomic E-state index is 12.5. The van der Waals surface area contributed by atoms with Gasteiger partial charge in [-0.05, 0) is 51.3 Å². The molecule has 1 unspecified atom stereocenters. The number of nitrogens with zero attached hydrogens (tertiary/aromatic N) is 1. The van der Waals surface area contributed by atoms with Crippen LogP contribution >= 0.6 is 23.1 Å². The second-order valence-electron chi connectivity index (χ2n) is 7.83. The smallest absolute Gasteiger partial charge is 0.259 e. The Hall–Kier alpha value is -2.16. The van der Waals surface area contributed by atoms with E-state index in [-0.39, 0.29) is 22.8 Å². The summed E-state index contributed by atoms with van der Waals surface area (Å²) in [6.45, 7) is 10.8. The molecule has 6 nitrogen and oxygen atoms in total. The summed E-state index contributed by atoms with van der Waals surface area (Å²) in [6, 6.07) is 8.04. The average Bonchev–Trinajstić information content (AvgIpc) is 3.02. The molecule has 31 heavy (non-hydrogen) atoms. The fourth-order valence-corrected chi connectivity index (χ4v) is 4.90. The summed E-state index contributed by atoms with van der Waals surface area (Å²) in [6.07, 6.45) is 0.180. The van der Waals surface area contributed by atoms with Crippen LogP contribution in [0.4, 0.5) is 0 Å². The van der Waals surface area contributed by atoms with Gasteiger partial charge in [0.05, 0.1) is 29.1 Å². The van der Waals surface area contributed by atoms with E-state index in [0.29, 0.717) is 30.1 Å². The highest BCUT2D eigenvalue weighted by Gasteiger charge is 2.16. The van der Waals surface area contributed by atoms with Crippen molar-refractivity contribution in [3.63, 3.8) is 0 Å². The van der Waals surface area contributed by atoms with E-state index < -0.39 is 0 Å². The van der Waals surface area contributed by atoms with Crippen LogP contribution in [0, 0.1) is 13.8 Å². The number of aryl methyl sites for hydroxylation is 2. The molecule has 0 aliphatic heterocycles. The third-order valence-electron chi connectivity index (χ3n) is 4.97. The molecule has 0 saturated carbocycles. The molecule has 0 spiro atoms. The first-order chi connectivity index (χ1) is 14.7. The minimum atomic E-state index is -0.264. The van der Waals surface area contributed by atoms with E-state index in [4.69, 9.17) is 4.74 Å². The Morgan fingerprint density at radius 1 is 1.26 bits per heavy atom. The van der Waals surface area contributed by atoms with E-state index in [1.165, 1.54) is 23.1 Å². The van der Waals surface area contributed by atoms with E-state index in [9.17, 15) is 9.59 Å². The number of hydrogen-bond acceptors (Lipinski definition) is 6. The number of carbonyl (C=O) groups excluding carboxylic acids is 1. The van der Waals surface area contributed by atoms with Gasteiger partial charge in [-0.25, -0.2) is 4.98 Å². The maximum Gasteiger partial charge on any atom is 0.259 e. The van der Waals surface area contributed by atoms with E-state index in [1.807, 2.05) is 52.8 Å². The molecule has 8 heteroatoms. The minimum absolute atomic E-state index is 0.0416. The van der Waals surface area contributed by atoms with Crippen LogP contribution in [0.3, 0.4) is 0 Å². The topological polar surface area (TPSA) is 84.1 Å². The number of thioether (sulfide) groups is 1. The molecule has 0 aliphatic rings. The first kappa shape index (κ1) is 23.5. The predicted octanol–water partition coefficient (Wildman–Crippen LogP) is 4.46. The van der Waals surface area contributed by atoms with Crippen molar-refractivity contribution in [2.24, 2.45) is 0 Å². The lowest BCUT2D eigenvalue weighted by Gasteiger charge is -2.13. The molecule has 1 atom stereocenters. The minimum Gasteiger partial charge on any atom is -0.374 e. The number of rotatable bonds is 9. The van der Waals surface area contributed by atoms with Crippen LogP contribution in [-0.4, -0.2) is 27.2 Å². The largest absolute Gasteiger partial charge is 0.374 e. The third-order valence-corrected chi connectivity index (χ3v) is 7.22. The van der Waals surface area contributed by atoms with E-state index in [0.717, 1.165) is 26.4 Å². The number of ether oxygens (including phenoxy) is 1. The Bertz CT molecular complexity index is 1120. The highest BCUT2D eigenvalue weighted by atomic mass is 32.2. The molecule has 1 aromatic carbocycles. The number of carbonyl (C=O) groups is 1. The Morgan fingerprint density at radius 3 is 2.74 bits per heavy atom. The summed E-state index contributed by atoms with van der Waals surface area (Å²) in [5.74, 6) is 1.03. The van der Waals surface area contributed by atoms with Gasteiger partial charge in [0.15, 0.2) is 0 Å². The zero-order valence-electron chi connectivity index (χ0n) is 18.6. The molecule has 166 valence electrons. The second kappa shape index (κ2) is 10.4. The highest BCUT2D eigenvalue weighted by molar-refractivity contribution is 7.99. The molecule has 0 saturated heterocycles. The van der Waals surface area contributed by atoms with E-state index in [2.05, 4.69) is 21.4 Å². The van der Waals surface area contributed by atoms with Crippen LogP contribution in [0.15, 0.2) is 29.1 Å². The monoisotopic (exact) mass is 459 g/mol. The van der Waals surface area contributed by atoms with Gasteiger partial charge in [0.1, 0.15) is 10.7 Å². The van der Waals surface area contributed by atoms with Crippen LogP contribution < -0.4 is 10.9 Å². The maximum atomic E-state index is 12.5. The molecule has 3 rings (SSSR count). The van der Waals surface area contributed by atoms with Gasteiger partial charge in [-0.15, -0.1) is 23.1 Å². The van der Waals surface area contributed by atoms with Crippen molar-refractivity contribution in [2.45, 2.75) is 64.9 Å². The normalized spacial score (nSPS) is 12.5. The zero-order valence-corrected chi connectivity index (χ0v) is 20.2. The molecule has 3 aromatic rings. The molecule has 0 fully saturated rings. The summed E-state index contributed by atoms with van der Waals surface area (Å²) >= 11 is 2.99. The van der Waals surface area contributed by atoms with Gasteiger partial charge in [0.25, 0.3) is 5.56 Å². The molecule has 0 bridgehead atoms. The standard InChI is InChI=1S/C23H29N3O3S2/c1-13(2)29-11-18-8-6-7-17(9-18)10-24-21(27)16(5)30-12-19-25-22(28)20-14(3)15(4)31-23(20)26-19/h6-9,13,16H,10-12H2,1-5H3,(H,24,27)(H,25,26,28). The summed E-state index contributed by atoms with van der Waals surface area (Å²) in [5, 5.41) is 3.39. The number of nitrogens with one attached hydrogen (secondary N) is 2. The lowest BCUT2D eigenvalue weighted by atomic mass is 10.1. The van der Waals surface area contributed by atoms with Gasteiger partial charge in [0.2, 0.25) is 5.91 Å². The number of hydrogen-bond donors (Lipinski definition) is 2. The number of benzene rings is 1. The summed E-state index contributed by atoms with van der Waals surface area (Å²) in [5.41, 5.74) is 3.00. The predicted molar refractivity (Wildman–Crippen MR) is 129 cm³/mol. The molecule has 2 heterocycles. The summed E-state index contributed by atoms with van der Waals surface area (Å²) in [7, 11) is 0. The van der Waals surface area contributed by atoms with Crippen LogP contribution in [0.2, 0.25) is 0 Å². The van der Waals surface area contributed by atoms with Gasteiger partial charge < -0.3 is 15.0 Å². The Balaban J connectivity index is 1.54. The first-order valence-electron chi connectivity index (χ1n) is 10.3. The number of aromatic amines is 1. The van der Waals surface area contributed by atoms with Crippen molar-refractivity contribution in [1.29, 1.82) is 0 Å². The van der Waals surface area contributed by atoms with Gasteiger partial charge >= 0.3 is 0 Å². The number of fused-ring (bicyclic) bond motifs is 1. The zero-order chi connectivity index (χ0) is 22.5. The van der Waals surface area contributed by atoms with Crippen molar-refractivity contribution in [3.8, 4) is 0 Å². The van der Waals surface area contributed by atoms with Gasteiger partial charge in [-0.1, -0.05) is 24.3 Å². The number of amides is 1. The molecule has 0 aliphatic carbocycles. The first-order valence-corrected chi connectivity index (χ1v) is 12.2. The van der Waals surface area contributed by atoms with Crippen LogP contribution in [0.25, 0.3) is 10.2 Å². The van der Waals surface area contributed by atoms with Gasteiger partial charge in [-0.3, -0.25) is 9.59 Å². The Kier molecular flexibility index (Phi) is 7.91.